The smallest absolute Gasteiger partial charge is 0.321 e. The average Bonchev–Trinajstić information content (AvgIpc) is 2.63. The SMILES string of the molecule is CCCc1ccc(OCNC(=O)Nc2ccccc2C(C)CC)cc1. The fourth-order valence-electron chi connectivity index (χ4n) is 2.65. The van der Waals surface area contributed by atoms with Gasteiger partial charge in [0.2, 0.25) is 0 Å². The molecule has 0 heterocycles. The van der Waals surface area contributed by atoms with Crippen LogP contribution in [0.25, 0.3) is 0 Å². The Balaban J connectivity index is 1.83. The first-order valence-corrected chi connectivity index (χ1v) is 8.99. The van der Waals surface area contributed by atoms with Gasteiger partial charge in [-0.15, -0.1) is 0 Å². The topological polar surface area (TPSA) is 50.4 Å². The van der Waals surface area contributed by atoms with Gasteiger partial charge in [-0.1, -0.05) is 57.5 Å². The number of aryl methyl sites for hydroxylation is 1. The molecule has 0 spiro atoms. The maximum Gasteiger partial charge on any atom is 0.321 e. The van der Waals surface area contributed by atoms with Gasteiger partial charge < -0.3 is 15.4 Å². The second-order valence-corrected chi connectivity index (χ2v) is 6.21. The molecule has 2 aromatic carbocycles. The number of benzene rings is 2. The summed E-state index contributed by atoms with van der Waals surface area (Å²) in [6.45, 7) is 6.58. The van der Waals surface area contributed by atoms with E-state index in [1.165, 1.54) is 5.56 Å². The second-order valence-electron chi connectivity index (χ2n) is 6.21. The van der Waals surface area contributed by atoms with Gasteiger partial charge in [-0.05, 0) is 48.1 Å². The molecule has 0 saturated carbocycles. The molecule has 0 aromatic heterocycles. The summed E-state index contributed by atoms with van der Waals surface area (Å²) in [6, 6.07) is 15.6. The van der Waals surface area contributed by atoms with Crippen LogP contribution in [0.1, 0.15) is 50.7 Å². The zero-order chi connectivity index (χ0) is 18.1. The lowest BCUT2D eigenvalue weighted by atomic mass is 9.97. The third-order valence-corrected chi connectivity index (χ3v) is 4.29. The van der Waals surface area contributed by atoms with E-state index < -0.39 is 0 Å². The molecule has 134 valence electrons. The van der Waals surface area contributed by atoms with E-state index in [0.717, 1.165) is 36.3 Å². The van der Waals surface area contributed by atoms with Crippen molar-refractivity contribution in [2.75, 3.05) is 12.0 Å². The Bertz CT molecular complexity index is 668. The molecule has 25 heavy (non-hydrogen) atoms. The lowest BCUT2D eigenvalue weighted by molar-refractivity contribution is 0.234. The van der Waals surface area contributed by atoms with Gasteiger partial charge in [0.05, 0.1) is 0 Å². The number of para-hydroxylation sites is 1. The summed E-state index contributed by atoms with van der Waals surface area (Å²) in [5.74, 6) is 1.15. The molecule has 0 saturated heterocycles. The number of carbonyl (C=O) groups excluding carboxylic acids is 1. The number of anilines is 1. The maximum atomic E-state index is 12.1. The summed E-state index contributed by atoms with van der Waals surface area (Å²) in [5.41, 5.74) is 3.29. The molecule has 0 bridgehead atoms. The van der Waals surface area contributed by atoms with E-state index in [9.17, 15) is 4.79 Å². The Labute approximate surface area is 150 Å². The minimum absolute atomic E-state index is 0.129. The van der Waals surface area contributed by atoms with Crippen molar-refractivity contribution >= 4 is 11.7 Å². The van der Waals surface area contributed by atoms with Crippen LogP contribution in [0.5, 0.6) is 5.75 Å². The van der Waals surface area contributed by atoms with Crippen molar-refractivity contribution in [3.8, 4) is 5.75 Å². The minimum atomic E-state index is -0.265. The van der Waals surface area contributed by atoms with Crippen LogP contribution in [0, 0.1) is 0 Å². The van der Waals surface area contributed by atoms with Crippen molar-refractivity contribution in [3.63, 3.8) is 0 Å². The highest BCUT2D eigenvalue weighted by Crippen LogP contribution is 2.26. The largest absolute Gasteiger partial charge is 0.473 e. The predicted octanol–water partition coefficient (Wildman–Crippen LogP) is 5.31. The monoisotopic (exact) mass is 340 g/mol. The van der Waals surface area contributed by atoms with E-state index in [0.29, 0.717) is 5.92 Å². The number of hydrogen-bond acceptors (Lipinski definition) is 2. The molecule has 4 heteroatoms. The molecule has 1 unspecified atom stereocenters. The summed E-state index contributed by atoms with van der Waals surface area (Å²) in [7, 11) is 0. The molecule has 0 aliphatic heterocycles. The molecule has 2 amide bonds. The molecule has 0 radical (unpaired) electrons. The van der Waals surface area contributed by atoms with Crippen LogP contribution in [0.2, 0.25) is 0 Å². The molecular formula is C21H28N2O2. The molecule has 4 nitrogen and oxygen atoms in total. The van der Waals surface area contributed by atoms with Crippen molar-refractivity contribution in [2.45, 2.75) is 46.0 Å². The number of ether oxygens (including phenoxy) is 1. The summed E-state index contributed by atoms with van der Waals surface area (Å²) in [5, 5.41) is 5.64. The average molecular weight is 340 g/mol. The zero-order valence-corrected chi connectivity index (χ0v) is 15.3. The molecule has 1 atom stereocenters. The quantitative estimate of drug-likeness (QED) is 0.640. The summed E-state index contributed by atoms with van der Waals surface area (Å²) in [6.07, 6.45) is 3.22. The molecule has 2 N–H and O–H groups in total. The molecular weight excluding hydrogens is 312 g/mol. The van der Waals surface area contributed by atoms with Gasteiger partial charge in [0.25, 0.3) is 0 Å². The Morgan fingerprint density at radius 3 is 2.48 bits per heavy atom. The number of hydrogen-bond donors (Lipinski definition) is 2. The number of rotatable bonds is 8. The standard InChI is InChI=1S/C21H28N2O2/c1-4-8-17-11-13-18(14-12-17)25-15-22-21(24)23-20-10-7-6-9-19(20)16(3)5-2/h6-7,9-14,16H,4-5,8,15H2,1-3H3,(H2,22,23,24). The Morgan fingerprint density at radius 2 is 1.80 bits per heavy atom. The van der Waals surface area contributed by atoms with Gasteiger partial charge in [0, 0.05) is 5.69 Å². The molecule has 0 aliphatic carbocycles. The number of nitrogens with one attached hydrogen (secondary N) is 2. The van der Waals surface area contributed by atoms with Gasteiger partial charge in [-0.25, -0.2) is 4.79 Å². The van der Waals surface area contributed by atoms with Crippen molar-refractivity contribution in [1.82, 2.24) is 5.32 Å². The molecule has 2 rings (SSSR count). The third kappa shape index (κ3) is 5.82. The van der Waals surface area contributed by atoms with E-state index in [1.807, 2.05) is 30.3 Å². The predicted molar refractivity (Wildman–Crippen MR) is 103 cm³/mol. The van der Waals surface area contributed by atoms with Gasteiger partial charge in [-0.3, -0.25) is 0 Å². The van der Waals surface area contributed by atoms with Crippen LogP contribution in [-0.4, -0.2) is 12.8 Å². The highest BCUT2D eigenvalue weighted by molar-refractivity contribution is 5.90. The van der Waals surface area contributed by atoms with E-state index in [2.05, 4.69) is 49.6 Å². The first-order chi connectivity index (χ1) is 12.1. The van der Waals surface area contributed by atoms with Gasteiger partial charge in [0.1, 0.15) is 5.75 Å². The molecule has 0 fully saturated rings. The fraction of sp³-hybridized carbons (Fsp3) is 0.381. The van der Waals surface area contributed by atoms with E-state index in [-0.39, 0.29) is 12.8 Å². The lowest BCUT2D eigenvalue weighted by Gasteiger charge is -2.16. The lowest BCUT2D eigenvalue weighted by Crippen LogP contribution is -2.32. The number of carbonyl (C=O) groups is 1. The Hall–Kier alpha value is -2.49. The van der Waals surface area contributed by atoms with Crippen molar-refractivity contribution < 1.29 is 9.53 Å². The minimum Gasteiger partial charge on any atom is -0.473 e. The maximum absolute atomic E-state index is 12.1. The van der Waals surface area contributed by atoms with Gasteiger partial charge in [-0.2, -0.15) is 0 Å². The van der Waals surface area contributed by atoms with Crippen molar-refractivity contribution in [1.29, 1.82) is 0 Å². The number of amides is 2. The first kappa shape index (κ1) is 18.8. The second kappa shape index (κ2) is 9.72. The zero-order valence-electron chi connectivity index (χ0n) is 15.3. The summed E-state index contributed by atoms with van der Waals surface area (Å²) >= 11 is 0. The van der Waals surface area contributed by atoms with Crippen LogP contribution in [0.4, 0.5) is 10.5 Å². The van der Waals surface area contributed by atoms with Crippen LogP contribution >= 0.6 is 0 Å². The highest BCUT2D eigenvalue weighted by atomic mass is 16.5. The van der Waals surface area contributed by atoms with Crippen molar-refractivity contribution in [2.24, 2.45) is 0 Å². The fourth-order valence-corrected chi connectivity index (χ4v) is 2.65. The van der Waals surface area contributed by atoms with E-state index in [1.54, 1.807) is 0 Å². The van der Waals surface area contributed by atoms with Crippen LogP contribution in [0.15, 0.2) is 48.5 Å². The normalized spacial score (nSPS) is 11.6. The van der Waals surface area contributed by atoms with Gasteiger partial charge >= 0.3 is 6.03 Å². The highest BCUT2D eigenvalue weighted by Gasteiger charge is 2.10. The van der Waals surface area contributed by atoms with E-state index >= 15 is 0 Å². The molecule has 0 aliphatic rings. The third-order valence-electron chi connectivity index (χ3n) is 4.29. The summed E-state index contributed by atoms with van der Waals surface area (Å²) < 4.78 is 5.57. The van der Waals surface area contributed by atoms with Crippen molar-refractivity contribution in [3.05, 3.63) is 59.7 Å². The molecule has 2 aromatic rings. The van der Waals surface area contributed by atoms with E-state index in [4.69, 9.17) is 4.74 Å². The van der Waals surface area contributed by atoms with Crippen LogP contribution in [-0.2, 0) is 6.42 Å². The Morgan fingerprint density at radius 1 is 1.08 bits per heavy atom. The van der Waals surface area contributed by atoms with Gasteiger partial charge in [0.15, 0.2) is 6.73 Å². The first-order valence-electron chi connectivity index (χ1n) is 8.99. The van der Waals surface area contributed by atoms with Crippen LogP contribution in [0.3, 0.4) is 0 Å². The van der Waals surface area contributed by atoms with Crippen LogP contribution < -0.4 is 15.4 Å². The summed E-state index contributed by atoms with van der Waals surface area (Å²) in [4.78, 5) is 12.1. The number of urea groups is 1. The Kier molecular flexibility index (Phi) is 7.33.